The number of hydrogen-bond donors (Lipinski definition) is 2. The molecule has 1 aromatic carbocycles. The fourth-order valence-corrected chi connectivity index (χ4v) is 2.48. The van der Waals surface area contributed by atoms with Gasteiger partial charge in [0.15, 0.2) is 4.90 Å². The highest BCUT2D eigenvalue weighted by atomic mass is 32.2. The molecule has 0 spiro atoms. The van der Waals surface area contributed by atoms with Gasteiger partial charge in [-0.3, -0.25) is 9.52 Å². The third-order valence-corrected chi connectivity index (χ3v) is 3.58. The maximum atomic E-state index is 13.3. The zero-order valence-electron chi connectivity index (χ0n) is 9.05. The van der Waals surface area contributed by atoms with Crippen LogP contribution in [0.4, 0.5) is 10.1 Å². The molecule has 0 aliphatic carbocycles. The van der Waals surface area contributed by atoms with Crippen LogP contribution in [0.3, 0.4) is 0 Å². The van der Waals surface area contributed by atoms with Crippen LogP contribution >= 0.6 is 0 Å². The van der Waals surface area contributed by atoms with Crippen molar-refractivity contribution in [2.24, 2.45) is 0 Å². The molecule has 0 radical (unpaired) electrons. The normalized spacial score (nSPS) is 11.2. The number of rotatable bonds is 3. The summed E-state index contributed by atoms with van der Waals surface area (Å²) in [5.41, 5.74) is -0.877. The van der Waals surface area contributed by atoms with Crippen LogP contribution in [0, 0.1) is 5.82 Å². The van der Waals surface area contributed by atoms with Crippen molar-refractivity contribution in [2.75, 3.05) is 4.72 Å². The van der Waals surface area contributed by atoms with Crippen molar-refractivity contribution < 1.29 is 12.8 Å². The number of anilines is 1. The van der Waals surface area contributed by atoms with Crippen molar-refractivity contribution in [2.45, 2.75) is 4.90 Å². The second kappa shape index (κ2) is 4.61. The minimum atomic E-state index is -4.10. The topological polar surface area (TPSA) is 79.0 Å². The van der Waals surface area contributed by atoms with E-state index in [9.17, 15) is 17.6 Å². The molecule has 0 unspecified atom stereocenters. The van der Waals surface area contributed by atoms with E-state index < -0.39 is 26.2 Å². The largest absolute Gasteiger partial charge is 0.366 e. The second-order valence-electron chi connectivity index (χ2n) is 3.46. The lowest BCUT2D eigenvalue weighted by Gasteiger charge is -2.07. The van der Waals surface area contributed by atoms with E-state index in [0.29, 0.717) is 0 Å². The fourth-order valence-electron chi connectivity index (χ4n) is 1.35. The van der Waals surface area contributed by atoms with Gasteiger partial charge in [0, 0.05) is 18.5 Å². The Balaban J connectivity index is 2.43. The Morgan fingerprint density at radius 1 is 1.17 bits per heavy atom. The lowest BCUT2D eigenvalue weighted by atomic mass is 10.3. The first kappa shape index (κ1) is 12.3. The molecule has 2 N–H and O–H groups in total. The number of H-pyrrole nitrogens is 1. The summed E-state index contributed by atoms with van der Waals surface area (Å²) in [6.07, 6.45) is 2.36. The number of pyridine rings is 1. The third kappa shape index (κ3) is 2.40. The van der Waals surface area contributed by atoms with Gasteiger partial charge in [-0.2, -0.15) is 0 Å². The zero-order chi connectivity index (χ0) is 13.2. The Kier molecular flexibility index (Phi) is 3.15. The molecular weight excluding hydrogens is 259 g/mol. The number of benzene rings is 1. The Bertz CT molecular complexity index is 725. The molecule has 2 rings (SSSR count). The highest BCUT2D eigenvalue weighted by molar-refractivity contribution is 7.92. The number of halogens is 1. The first-order valence-electron chi connectivity index (χ1n) is 4.95. The predicted molar refractivity (Wildman–Crippen MR) is 64.3 cm³/mol. The summed E-state index contributed by atoms with van der Waals surface area (Å²) in [7, 11) is -4.10. The van der Waals surface area contributed by atoms with Crippen molar-refractivity contribution in [3.8, 4) is 0 Å². The van der Waals surface area contributed by atoms with E-state index in [1.165, 1.54) is 24.4 Å². The van der Waals surface area contributed by atoms with Gasteiger partial charge in [-0.1, -0.05) is 12.1 Å². The van der Waals surface area contributed by atoms with Crippen molar-refractivity contribution >= 4 is 15.7 Å². The molecule has 18 heavy (non-hydrogen) atoms. The molecule has 1 heterocycles. The van der Waals surface area contributed by atoms with E-state index >= 15 is 0 Å². The molecule has 0 amide bonds. The molecule has 0 saturated carbocycles. The van der Waals surface area contributed by atoms with E-state index in [-0.39, 0.29) is 5.69 Å². The van der Waals surface area contributed by atoms with Crippen LogP contribution in [-0.2, 0) is 10.0 Å². The molecule has 7 heteroatoms. The van der Waals surface area contributed by atoms with Gasteiger partial charge >= 0.3 is 0 Å². The van der Waals surface area contributed by atoms with E-state index in [0.717, 1.165) is 18.3 Å². The summed E-state index contributed by atoms with van der Waals surface area (Å²) in [5, 5.41) is 0. The van der Waals surface area contributed by atoms with E-state index in [4.69, 9.17) is 0 Å². The highest BCUT2D eigenvalue weighted by Gasteiger charge is 2.18. The minimum absolute atomic E-state index is 0.208. The van der Waals surface area contributed by atoms with Crippen LogP contribution in [0.2, 0.25) is 0 Å². The highest BCUT2D eigenvalue weighted by Crippen LogP contribution is 2.16. The Labute approximate surface area is 102 Å². The summed E-state index contributed by atoms with van der Waals surface area (Å²) < 4.78 is 39.1. The molecule has 0 fully saturated rings. The average molecular weight is 268 g/mol. The standard InChI is InChI=1S/C11H9FN2O3S/c12-8-3-1-2-4-9(8)14-18(16,17)11-7-13-6-5-10(11)15/h1-7,14H,(H,13,15). The predicted octanol–water partition coefficient (Wildman–Crippen LogP) is 1.31. The van der Waals surface area contributed by atoms with Gasteiger partial charge < -0.3 is 4.98 Å². The molecular formula is C11H9FN2O3S. The van der Waals surface area contributed by atoms with Crippen molar-refractivity contribution in [1.82, 2.24) is 4.98 Å². The molecule has 0 atom stereocenters. The number of nitrogens with one attached hydrogen (secondary N) is 2. The molecule has 5 nitrogen and oxygen atoms in total. The smallest absolute Gasteiger partial charge is 0.267 e. The molecule has 94 valence electrons. The first-order chi connectivity index (χ1) is 8.50. The summed E-state index contributed by atoms with van der Waals surface area (Å²) in [6, 6.07) is 6.38. The molecule has 0 bridgehead atoms. The summed E-state index contributed by atoms with van der Waals surface area (Å²) >= 11 is 0. The number of aromatic nitrogens is 1. The molecule has 1 aromatic heterocycles. The maximum Gasteiger partial charge on any atom is 0.267 e. The van der Waals surface area contributed by atoms with Crippen LogP contribution < -0.4 is 10.2 Å². The SMILES string of the molecule is O=c1cc[nH]cc1S(=O)(=O)Nc1ccccc1F. The van der Waals surface area contributed by atoms with Gasteiger partial charge in [0.05, 0.1) is 5.69 Å². The van der Waals surface area contributed by atoms with Crippen molar-refractivity contribution in [3.63, 3.8) is 0 Å². The molecule has 0 aliphatic heterocycles. The first-order valence-corrected chi connectivity index (χ1v) is 6.43. The van der Waals surface area contributed by atoms with Gasteiger partial charge in [0.1, 0.15) is 5.82 Å². The average Bonchev–Trinajstić information content (AvgIpc) is 2.32. The third-order valence-electron chi connectivity index (χ3n) is 2.20. The molecule has 0 aliphatic rings. The number of aromatic amines is 1. The number of sulfonamides is 1. The van der Waals surface area contributed by atoms with Crippen LogP contribution in [0.15, 0.2) is 52.4 Å². The monoisotopic (exact) mass is 268 g/mol. The minimum Gasteiger partial charge on any atom is -0.366 e. The van der Waals surface area contributed by atoms with Crippen molar-refractivity contribution in [1.29, 1.82) is 0 Å². The fraction of sp³-hybridized carbons (Fsp3) is 0. The Morgan fingerprint density at radius 2 is 1.89 bits per heavy atom. The lowest BCUT2D eigenvalue weighted by molar-refractivity contribution is 0.597. The van der Waals surface area contributed by atoms with Crippen LogP contribution in [0.1, 0.15) is 0 Å². The number of hydrogen-bond acceptors (Lipinski definition) is 3. The maximum absolute atomic E-state index is 13.3. The van der Waals surface area contributed by atoms with Gasteiger partial charge in [-0.25, -0.2) is 12.8 Å². The Morgan fingerprint density at radius 3 is 2.56 bits per heavy atom. The second-order valence-corrected chi connectivity index (χ2v) is 5.11. The molecule has 2 aromatic rings. The van der Waals surface area contributed by atoms with E-state index in [1.54, 1.807) is 0 Å². The summed E-state index contributed by atoms with van der Waals surface area (Å²) in [5.74, 6) is -0.714. The van der Waals surface area contributed by atoms with Gasteiger partial charge in [-0.05, 0) is 12.1 Å². The molecule has 0 saturated heterocycles. The van der Waals surface area contributed by atoms with Gasteiger partial charge in [0.2, 0.25) is 5.43 Å². The van der Waals surface area contributed by atoms with Crippen LogP contribution in [-0.4, -0.2) is 13.4 Å². The zero-order valence-corrected chi connectivity index (χ0v) is 9.87. The number of para-hydroxylation sites is 1. The Hall–Kier alpha value is -2.15. The lowest BCUT2D eigenvalue weighted by Crippen LogP contribution is -2.21. The van der Waals surface area contributed by atoms with E-state index in [1.807, 2.05) is 4.72 Å². The van der Waals surface area contributed by atoms with Crippen LogP contribution in [0.5, 0.6) is 0 Å². The van der Waals surface area contributed by atoms with Gasteiger partial charge in [0.25, 0.3) is 10.0 Å². The van der Waals surface area contributed by atoms with Gasteiger partial charge in [-0.15, -0.1) is 0 Å². The summed E-state index contributed by atoms with van der Waals surface area (Å²) in [4.78, 5) is 13.4. The van der Waals surface area contributed by atoms with Crippen molar-refractivity contribution in [3.05, 3.63) is 58.8 Å². The quantitative estimate of drug-likeness (QED) is 0.881. The summed E-state index contributed by atoms with van der Waals surface area (Å²) in [6.45, 7) is 0. The van der Waals surface area contributed by atoms with Crippen LogP contribution in [0.25, 0.3) is 0 Å². The van der Waals surface area contributed by atoms with E-state index in [2.05, 4.69) is 4.98 Å².